The second kappa shape index (κ2) is 24.2. The molecular weight excluding hydrogens is 1060 g/mol. The van der Waals surface area contributed by atoms with Crippen LogP contribution in [0.5, 0.6) is 0 Å². The minimum absolute atomic E-state index is 0.000945. The van der Waals surface area contributed by atoms with Crippen molar-refractivity contribution in [1.82, 2.24) is 64.9 Å². The third-order valence-corrected chi connectivity index (χ3v) is 16.6. The highest BCUT2D eigenvalue weighted by Crippen LogP contribution is 2.35. The number of aryl methyl sites for hydroxylation is 2. The van der Waals surface area contributed by atoms with Crippen LogP contribution < -0.4 is 32.4 Å². The summed E-state index contributed by atoms with van der Waals surface area (Å²) in [5.74, 6) is 3.27. The molecule has 2 atom stereocenters. The molecule has 13 rings (SSSR count). The van der Waals surface area contributed by atoms with Crippen LogP contribution in [0.4, 0.5) is 11.9 Å². The molecule has 5 fully saturated rings. The lowest BCUT2D eigenvalue weighted by molar-refractivity contribution is 0.0902. The van der Waals surface area contributed by atoms with Crippen molar-refractivity contribution in [3.63, 3.8) is 0 Å². The second-order valence-electron chi connectivity index (χ2n) is 21.5. The van der Waals surface area contributed by atoms with Gasteiger partial charge in [0.1, 0.15) is 11.3 Å². The van der Waals surface area contributed by atoms with Crippen LogP contribution in [0.3, 0.4) is 0 Å². The molecular formula is C57H65Cl2N15O6. The van der Waals surface area contributed by atoms with Crippen molar-refractivity contribution in [2.45, 2.75) is 102 Å². The van der Waals surface area contributed by atoms with Gasteiger partial charge in [-0.15, -0.1) is 0 Å². The van der Waals surface area contributed by atoms with Gasteiger partial charge in [0.2, 0.25) is 35.3 Å². The van der Waals surface area contributed by atoms with Gasteiger partial charge >= 0.3 is 0 Å². The van der Waals surface area contributed by atoms with Gasteiger partial charge in [-0.25, -0.2) is 9.97 Å². The Morgan fingerprint density at radius 1 is 0.613 bits per heavy atom. The molecule has 23 heteroatoms. The van der Waals surface area contributed by atoms with Crippen LogP contribution in [0.2, 0.25) is 10.0 Å². The normalized spacial score (nSPS) is 19.8. The number of ether oxygens (including phenoxy) is 2. The molecule has 0 saturated carbocycles. The number of pyridine rings is 2. The summed E-state index contributed by atoms with van der Waals surface area (Å²) in [6.07, 6.45) is 12.5. The van der Waals surface area contributed by atoms with Crippen LogP contribution in [0.1, 0.15) is 75.6 Å². The average Bonchev–Trinajstić information content (AvgIpc) is 4.39. The van der Waals surface area contributed by atoms with Crippen molar-refractivity contribution in [2.75, 3.05) is 76.3 Å². The van der Waals surface area contributed by atoms with Crippen molar-refractivity contribution in [2.24, 2.45) is 5.92 Å². The molecule has 418 valence electrons. The number of nitrogens with one attached hydrogen (secondary N) is 4. The van der Waals surface area contributed by atoms with Gasteiger partial charge in [0.05, 0.1) is 6.04 Å². The molecule has 21 nitrogen and oxygen atoms in total. The molecule has 4 N–H and O–H groups in total. The molecule has 0 amide bonds. The van der Waals surface area contributed by atoms with Gasteiger partial charge < -0.3 is 39.8 Å². The molecule has 0 aliphatic carbocycles. The first-order valence-electron chi connectivity index (χ1n) is 28.0. The lowest BCUT2D eigenvalue weighted by Gasteiger charge is -2.31. The van der Waals surface area contributed by atoms with Crippen LogP contribution in [0.15, 0.2) is 79.6 Å². The molecule has 0 radical (unpaired) electrons. The number of benzene rings is 2. The summed E-state index contributed by atoms with van der Waals surface area (Å²) in [7, 11) is 0. The van der Waals surface area contributed by atoms with Crippen LogP contribution in [0.25, 0.3) is 67.1 Å². The fraction of sp³-hybridized carbons (Fsp3) is 0.474. The molecule has 5 aliphatic heterocycles. The van der Waals surface area contributed by atoms with Gasteiger partial charge in [-0.2, -0.15) is 19.9 Å². The summed E-state index contributed by atoms with van der Waals surface area (Å²) in [5.41, 5.74) is 4.84. The number of rotatable bonds is 12. The van der Waals surface area contributed by atoms with Crippen molar-refractivity contribution >= 4 is 57.2 Å². The fourth-order valence-electron chi connectivity index (χ4n) is 11.8. The van der Waals surface area contributed by atoms with Gasteiger partial charge in [-0.3, -0.25) is 23.6 Å². The highest BCUT2D eigenvalue weighted by molar-refractivity contribution is 6.34. The van der Waals surface area contributed by atoms with E-state index in [-0.39, 0.29) is 29.2 Å². The summed E-state index contributed by atoms with van der Waals surface area (Å²) >= 11 is 13.5. The van der Waals surface area contributed by atoms with E-state index in [9.17, 15) is 9.59 Å². The molecule has 2 unspecified atom stereocenters. The van der Waals surface area contributed by atoms with Gasteiger partial charge in [-0.1, -0.05) is 57.8 Å². The molecule has 8 aromatic rings. The monoisotopic (exact) mass is 1130 g/mol. The Morgan fingerprint density at radius 3 is 1.71 bits per heavy atom. The maximum absolute atomic E-state index is 14.4. The number of fused-ring (bicyclic) bond motifs is 2. The van der Waals surface area contributed by atoms with E-state index in [2.05, 4.69) is 56.4 Å². The van der Waals surface area contributed by atoms with E-state index < -0.39 is 0 Å². The predicted octanol–water partition coefficient (Wildman–Crippen LogP) is 8.12. The van der Waals surface area contributed by atoms with E-state index in [1.165, 1.54) is 0 Å². The smallest absolute Gasteiger partial charge is 0.260 e. The quantitative estimate of drug-likeness (QED) is 0.0902. The second-order valence-corrected chi connectivity index (χ2v) is 22.3. The zero-order chi connectivity index (χ0) is 54.7. The van der Waals surface area contributed by atoms with Crippen LogP contribution in [-0.2, 0) is 16.0 Å². The summed E-state index contributed by atoms with van der Waals surface area (Å²) in [6, 6.07) is 15.7. The van der Waals surface area contributed by atoms with Gasteiger partial charge in [0, 0.05) is 145 Å². The van der Waals surface area contributed by atoms with Crippen molar-refractivity contribution in [3.05, 3.63) is 103 Å². The number of nitrogens with zero attached hydrogens (tertiary/aromatic N) is 11. The minimum Gasteiger partial charge on any atom is -0.381 e. The standard InChI is InChI=1S/C30H35ClN8O3.C27H30ClN7O3/c1-18-34-27(37-42-18)19-2-3-24(26(31)15-19)25-14-20-16-33-30(35-21-7-12-41-13-8-21)36-28(20)39(29(25)40)23-6-11-38(17-23)22-4-9-32-10-5-22;1-16-31-24(34-38-16)18-4-5-21(23(28)12-18)22-11-19-14-30-27(32-20-6-9-37-10-7-20)33-25(19)35(26(22)36)15-17-3-2-8-29-13-17/h2-3,14-16,21-23,32H,4-13,17H2,1H3,(H,33,35,36);4-5,11-12,14,17,20,29H,2-3,6-10,13,15H2,1H3,(H,30,32,33). The Labute approximate surface area is 471 Å². The predicted molar refractivity (Wildman–Crippen MR) is 306 cm³/mol. The Hall–Kier alpha value is -6.72. The van der Waals surface area contributed by atoms with Crippen molar-refractivity contribution in [1.29, 1.82) is 0 Å². The molecule has 0 bridgehead atoms. The molecule has 5 aliphatic rings. The van der Waals surface area contributed by atoms with E-state index in [0.717, 1.165) is 145 Å². The number of halogens is 2. The van der Waals surface area contributed by atoms with Gasteiger partial charge in [0.25, 0.3) is 11.1 Å². The number of likely N-dealkylation sites (tertiary alicyclic amines) is 1. The third-order valence-electron chi connectivity index (χ3n) is 16.0. The van der Waals surface area contributed by atoms with Crippen LogP contribution in [-0.4, -0.2) is 138 Å². The maximum atomic E-state index is 14.4. The number of aromatic nitrogens is 10. The van der Waals surface area contributed by atoms with Gasteiger partial charge in [-0.05, 0) is 114 Å². The largest absolute Gasteiger partial charge is 0.381 e. The fourth-order valence-corrected chi connectivity index (χ4v) is 12.3. The molecule has 6 aromatic heterocycles. The van der Waals surface area contributed by atoms with Crippen molar-refractivity contribution in [3.8, 4) is 45.0 Å². The molecule has 5 saturated heterocycles. The molecule has 11 heterocycles. The molecule has 0 spiro atoms. The summed E-state index contributed by atoms with van der Waals surface area (Å²) in [5, 5.41) is 24.3. The number of piperidine rings is 2. The zero-order valence-electron chi connectivity index (χ0n) is 44.9. The lowest BCUT2D eigenvalue weighted by Crippen LogP contribution is -2.42. The Bertz CT molecular complexity index is 3620. The van der Waals surface area contributed by atoms with E-state index >= 15 is 0 Å². The lowest BCUT2D eigenvalue weighted by atomic mass is 9.99. The third kappa shape index (κ3) is 11.9. The van der Waals surface area contributed by atoms with Crippen molar-refractivity contribution < 1.29 is 18.5 Å². The summed E-state index contributed by atoms with van der Waals surface area (Å²) < 4.78 is 24.9. The number of anilines is 2. The van der Waals surface area contributed by atoms with Gasteiger partial charge in [0.15, 0.2) is 0 Å². The average molecular weight is 1130 g/mol. The van der Waals surface area contributed by atoms with E-state index in [0.29, 0.717) is 97.4 Å². The molecule has 80 heavy (non-hydrogen) atoms. The maximum Gasteiger partial charge on any atom is 0.260 e. The summed E-state index contributed by atoms with van der Waals surface area (Å²) in [6.45, 7) is 12.7. The first kappa shape index (κ1) is 53.9. The Morgan fingerprint density at radius 2 is 1.18 bits per heavy atom. The first-order chi connectivity index (χ1) is 39.1. The van der Waals surface area contributed by atoms with Crippen LogP contribution >= 0.6 is 23.2 Å². The minimum atomic E-state index is -0.121. The highest BCUT2D eigenvalue weighted by Gasteiger charge is 2.33. The SMILES string of the molecule is Cc1nc(-c2ccc(-c3cc4cnc(NC5CCOCC5)nc4n(C4CCN(C5CCNCC5)C4)c3=O)c(Cl)c2)no1.Cc1nc(-c2ccc(-c3cc4cnc(NC5CCOCC5)nc4n(CC4CCCNC4)c3=O)c(Cl)c2)no1. The number of hydrogen-bond acceptors (Lipinski definition) is 19. The van der Waals surface area contributed by atoms with Crippen LogP contribution in [0, 0.1) is 19.8 Å². The number of hydrogen-bond donors (Lipinski definition) is 4. The Kier molecular flexibility index (Phi) is 16.3. The first-order valence-corrected chi connectivity index (χ1v) is 28.7. The molecule has 2 aromatic carbocycles. The Balaban J connectivity index is 0.000000160. The zero-order valence-corrected chi connectivity index (χ0v) is 46.4. The topological polar surface area (TPSA) is 243 Å². The summed E-state index contributed by atoms with van der Waals surface area (Å²) in [4.78, 5) is 58.5. The van der Waals surface area contributed by atoms with E-state index in [1.807, 2.05) is 47.2 Å². The van der Waals surface area contributed by atoms with E-state index in [1.54, 1.807) is 36.7 Å². The highest BCUT2D eigenvalue weighted by atomic mass is 35.5. The van der Waals surface area contributed by atoms with E-state index in [4.69, 9.17) is 51.7 Å².